The van der Waals surface area contributed by atoms with Crippen LogP contribution in [0.15, 0.2) is 47.7 Å². The predicted molar refractivity (Wildman–Crippen MR) is 53.7 cm³/mol. The molecule has 5 N–H and O–H groups in total. The van der Waals surface area contributed by atoms with Gasteiger partial charge in [-0.15, -0.1) is 0 Å². The van der Waals surface area contributed by atoms with Crippen molar-refractivity contribution in [1.82, 2.24) is 0 Å². The maximum atomic E-state index is 9.62. The topological polar surface area (TPSA) is 72.3 Å². The van der Waals surface area contributed by atoms with E-state index in [-0.39, 0.29) is 0 Å². The first-order valence-electron chi connectivity index (χ1n) is 4.06. The minimum absolute atomic E-state index is 0.292. The van der Waals surface area contributed by atoms with Crippen molar-refractivity contribution < 1.29 is 5.11 Å². The molecule has 0 saturated heterocycles. The van der Waals surface area contributed by atoms with Gasteiger partial charge in [-0.3, -0.25) is 0 Å². The average molecular weight is 178 g/mol. The molecule has 1 aliphatic rings. The molecular formula is C10H14N2O. The highest BCUT2D eigenvalue weighted by Crippen LogP contribution is 2.18. The van der Waals surface area contributed by atoms with E-state index in [0.29, 0.717) is 17.8 Å². The molecule has 0 saturated carbocycles. The Balaban J connectivity index is 2.86. The summed E-state index contributed by atoms with van der Waals surface area (Å²) in [5.74, 6) is 0. The van der Waals surface area contributed by atoms with E-state index in [9.17, 15) is 5.11 Å². The molecule has 0 fully saturated rings. The molecule has 3 nitrogen and oxygen atoms in total. The molecule has 13 heavy (non-hydrogen) atoms. The van der Waals surface area contributed by atoms with Crippen LogP contribution >= 0.6 is 0 Å². The van der Waals surface area contributed by atoms with Crippen molar-refractivity contribution >= 4 is 0 Å². The molecule has 0 heterocycles. The Kier molecular flexibility index (Phi) is 3.06. The molecule has 70 valence electrons. The number of nitrogens with two attached hydrogens (primary N) is 2. The Hall–Kier alpha value is -1.32. The fraction of sp³-hybridized carbons (Fsp3) is 0.200. The molecule has 0 aromatic carbocycles. The largest absolute Gasteiger partial charge is 0.401 e. The van der Waals surface area contributed by atoms with Gasteiger partial charge in [-0.1, -0.05) is 24.8 Å². The minimum atomic E-state index is -0.657. The second-order valence-corrected chi connectivity index (χ2v) is 2.93. The molecule has 0 amide bonds. The van der Waals surface area contributed by atoms with Gasteiger partial charge in [-0.05, 0) is 17.2 Å². The van der Waals surface area contributed by atoms with Crippen LogP contribution in [0.1, 0.15) is 0 Å². The van der Waals surface area contributed by atoms with Crippen molar-refractivity contribution in [1.29, 1.82) is 0 Å². The summed E-state index contributed by atoms with van der Waals surface area (Å²) in [6.07, 6.45) is 6.40. The van der Waals surface area contributed by atoms with Gasteiger partial charge < -0.3 is 16.6 Å². The van der Waals surface area contributed by atoms with Crippen LogP contribution in [0.2, 0.25) is 0 Å². The summed E-state index contributed by atoms with van der Waals surface area (Å²) in [6, 6.07) is 0. The van der Waals surface area contributed by atoms with E-state index in [0.717, 1.165) is 5.57 Å². The molecule has 3 heteroatoms. The SMILES string of the molecule is C=C1C=CC=C(C=C(N)CN)C1O. The van der Waals surface area contributed by atoms with Crippen molar-refractivity contribution in [3.8, 4) is 0 Å². The quantitative estimate of drug-likeness (QED) is 0.565. The van der Waals surface area contributed by atoms with Gasteiger partial charge in [-0.25, -0.2) is 0 Å². The molecule has 1 rings (SSSR count). The Morgan fingerprint density at radius 3 is 3.00 bits per heavy atom. The van der Waals surface area contributed by atoms with Crippen LogP contribution in [-0.2, 0) is 0 Å². The third-order valence-corrected chi connectivity index (χ3v) is 1.85. The number of rotatable bonds is 2. The fourth-order valence-electron chi connectivity index (χ4n) is 1.08. The Morgan fingerprint density at radius 2 is 2.38 bits per heavy atom. The molecule has 1 unspecified atom stereocenters. The van der Waals surface area contributed by atoms with Gasteiger partial charge in [0.1, 0.15) is 6.10 Å². The summed E-state index contributed by atoms with van der Waals surface area (Å²) in [5, 5.41) is 9.62. The molecule has 0 bridgehead atoms. The zero-order valence-corrected chi connectivity index (χ0v) is 7.40. The van der Waals surface area contributed by atoms with Crippen molar-refractivity contribution in [2.24, 2.45) is 11.5 Å². The smallest absolute Gasteiger partial charge is 0.104 e. The van der Waals surface area contributed by atoms with E-state index in [1.165, 1.54) is 0 Å². The van der Waals surface area contributed by atoms with Gasteiger partial charge >= 0.3 is 0 Å². The summed E-state index contributed by atoms with van der Waals surface area (Å²) < 4.78 is 0. The number of aliphatic hydroxyl groups is 1. The summed E-state index contributed by atoms with van der Waals surface area (Å²) >= 11 is 0. The fourth-order valence-corrected chi connectivity index (χ4v) is 1.08. The first kappa shape index (κ1) is 9.77. The summed E-state index contributed by atoms with van der Waals surface area (Å²) in [6.45, 7) is 3.99. The van der Waals surface area contributed by atoms with Crippen molar-refractivity contribution in [2.45, 2.75) is 6.10 Å². The lowest BCUT2D eigenvalue weighted by atomic mass is 9.97. The van der Waals surface area contributed by atoms with Gasteiger partial charge in [0.15, 0.2) is 0 Å². The van der Waals surface area contributed by atoms with Crippen LogP contribution in [0, 0.1) is 0 Å². The Labute approximate surface area is 77.7 Å². The van der Waals surface area contributed by atoms with Gasteiger partial charge in [0.25, 0.3) is 0 Å². The molecule has 1 aliphatic carbocycles. The second-order valence-electron chi connectivity index (χ2n) is 2.93. The van der Waals surface area contributed by atoms with Crippen molar-refractivity contribution in [2.75, 3.05) is 6.54 Å². The molecule has 0 aromatic heterocycles. The normalized spacial score (nSPS) is 23.2. The highest BCUT2D eigenvalue weighted by atomic mass is 16.3. The molecular weight excluding hydrogens is 164 g/mol. The van der Waals surface area contributed by atoms with Crippen molar-refractivity contribution in [3.63, 3.8) is 0 Å². The summed E-state index contributed by atoms with van der Waals surface area (Å²) in [4.78, 5) is 0. The monoisotopic (exact) mass is 178 g/mol. The first-order chi connectivity index (χ1) is 6.15. The molecule has 0 aromatic rings. The van der Waals surface area contributed by atoms with Crippen LogP contribution in [0.5, 0.6) is 0 Å². The highest BCUT2D eigenvalue weighted by molar-refractivity contribution is 5.43. The zero-order valence-electron chi connectivity index (χ0n) is 7.40. The Bertz CT molecular complexity index is 300. The second kappa shape index (κ2) is 4.07. The lowest BCUT2D eigenvalue weighted by Gasteiger charge is -2.15. The van der Waals surface area contributed by atoms with Crippen LogP contribution in [0.3, 0.4) is 0 Å². The van der Waals surface area contributed by atoms with Gasteiger partial charge in [0.2, 0.25) is 0 Å². The van der Waals surface area contributed by atoms with Gasteiger partial charge in [-0.2, -0.15) is 0 Å². The van der Waals surface area contributed by atoms with Gasteiger partial charge in [0.05, 0.1) is 0 Å². The maximum absolute atomic E-state index is 9.62. The van der Waals surface area contributed by atoms with Crippen LogP contribution in [-0.4, -0.2) is 17.8 Å². The lowest BCUT2D eigenvalue weighted by molar-refractivity contribution is 0.254. The number of allylic oxidation sites excluding steroid dienone is 2. The first-order valence-corrected chi connectivity index (χ1v) is 4.06. The third kappa shape index (κ3) is 2.31. The predicted octanol–water partition coefficient (Wildman–Crippen LogP) is 0.201. The number of hydrogen-bond acceptors (Lipinski definition) is 3. The van der Waals surface area contributed by atoms with E-state index in [2.05, 4.69) is 6.58 Å². The zero-order chi connectivity index (χ0) is 9.84. The molecule has 0 spiro atoms. The third-order valence-electron chi connectivity index (χ3n) is 1.85. The average Bonchev–Trinajstić information content (AvgIpc) is 2.13. The van der Waals surface area contributed by atoms with Crippen LogP contribution < -0.4 is 11.5 Å². The highest BCUT2D eigenvalue weighted by Gasteiger charge is 2.12. The van der Waals surface area contributed by atoms with E-state index in [1.54, 1.807) is 18.2 Å². The van der Waals surface area contributed by atoms with E-state index >= 15 is 0 Å². The standard InChI is InChI=1S/C10H14N2O/c1-7-3-2-4-8(10(7)13)5-9(12)6-11/h2-5,10,13H,1,6,11-12H2. The molecule has 1 atom stereocenters. The summed E-state index contributed by atoms with van der Waals surface area (Å²) in [7, 11) is 0. The van der Waals surface area contributed by atoms with Crippen LogP contribution in [0.4, 0.5) is 0 Å². The maximum Gasteiger partial charge on any atom is 0.104 e. The van der Waals surface area contributed by atoms with E-state index < -0.39 is 6.10 Å². The molecule has 0 aliphatic heterocycles. The minimum Gasteiger partial charge on any atom is -0.401 e. The Morgan fingerprint density at radius 1 is 1.69 bits per heavy atom. The summed E-state index contributed by atoms with van der Waals surface area (Å²) in [5.41, 5.74) is 12.8. The van der Waals surface area contributed by atoms with E-state index in [1.807, 2.05) is 6.08 Å². The number of hydrogen-bond donors (Lipinski definition) is 3. The lowest BCUT2D eigenvalue weighted by Crippen LogP contribution is -2.16. The number of aliphatic hydroxyl groups excluding tert-OH is 1. The van der Waals surface area contributed by atoms with Crippen LogP contribution in [0.25, 0.3) is 0 Å². The van der Waals surface area contributed by atoms with Crippen molar-refractivity contribution in [3.05, 3.63) is 47.7 Å². The molecule has 0 radical (unpaired) electrons. The van der Waals surface area contributed by atoms with E-state index in [4.69, 9.17) is 11.5 Å². The van der Waals surface area contributed by atoms with Gasteiger partial charge in [0, 0.05) is 12.2 Å².